The molecule has 0 saturated heterocycles. The summed E-state index contributed by atoms with van der Waals surface area (Å²) in [4.78, 5) is 0. The molecular formula is C16H15BrO2. The number of fused-ring (bicyclic) bond motifs is 1. The van der Waals surface area contributed by atoms with E-state index in [0.29, 0.717) is 6.61 Å². The molecule has 2 aromatic rings. The summed E-state index contributed by atoms with van der Waals surface area (Å²) in [6, 6.07) is 11.9. The quantitative estimate of drug-likeness (QED) is 0.913. The van der Waals surface area contributed by atoms with E-state index in [-0.39, 0.29) is 0 Å². The predicted molar refractivity (Wildman–Crippen MR) is 78.6 cm³/mol. The summed E-state index contributed by atoms with van der Waals surface area (Å²) >= 11 is 3.51. The number of para-hydroxylation sites is 1. The van der Waals surface area contributed by atoms with Gasteiger partial charge in [0.1, 0.15) is 11.9 Å². The van der Waals surface area contributed by atoms with Crippen LogP contribution >= 0.6 is 15.9 Å². The Kier molecular flexibility index (Phi) is 3.33. The molecule has 0 saturated carbocycles. The highest BCUT2D eigenvalue weighted by Gasteiger charge is 2.21. The molecule has 19 heavy (non-hydrogen) atoms. The van der Waals surface area contributed by atoms with E-state index < -0.39 is 6.10 Å². The van der Waals surface area contributed by atoms with Crippen molar-refractivity contribution in [1.29, 1.82) is 0 Å². The van der Waals surface area contributed by atoms with Crippen molar-refractivity contribution in [2.24, 2.45) is 0 Å². The zero-order valence-electron chi connectivity index (χ0n) is 10.7. The predicted octanol–water partition coefficient (Wildman–Crippen LogP) is 3.77. The van der Waals surface area contributed by atoms with E-state index in [0.717, 1.165) is 33.3 Å². The highest BCUT2D eigenvalue weighted by Crippen LogP contribution is 2.36. The molecule has 0 aromatic heterocycles. The lowest BCUT2D eigenvalue weighted by atomic mass is 9.97. The molecule has 0 aliphatic carbocycles. The molecule has 0 amide bonds. The summed E-state index contributed by atoms with van der Waals surface area (Å²) in [6.45, 7) is 2.74. The third-order valence-corrected chi connectivity index (χ3v) is 4.41. The van der Waals surface area contributed by atoms with Crippen LogP contribution in [-0.4, -0.2) is 11.7 Å². The monoisotopic (exact) mass is 318 g/mol. The summed E-state index contributed by atoms with van der Waals surface area (Å²) in [5.74, 6) is 0.853. The molecular weight excluding hydrogens is 304 g/mol. The maximum absolute atomic E-state index is 10.6. The lowest BCUT2D eigenvalue weighted by molar-refractivity contribution is 0.213. The molecule has 3 heteroatoms. The van der Waals surface area contributed by atoms with Crippen molar-refractivity contribution in [2.45, 2.75) is 19.4 Å². The molecule has 0 bridgehead atoms. The number of aliphatic hydroxyl groups is 1. The van der Waals surface area contributed by atoms with Gasteiger partial charge >= 0.3 is 0 Å². The van der Waals surface area contributed by atoms with Gasteiger partial charge < -0.3 is 9.84 Å². The minimum absolute atomic E-state index is 0.648. The van der Waals surface area contributed by atoms with Gasteiger partial charge in [-0.25, -0.2) is 0 Å². The molecule has 0 fully saturated rings. The summed E-state index contributed by atoms with van der Waals surface area (Å²) in [7, 11) is 0. The van der Waals surface area contributed by atoms with E-state index in [1.165, 1.54) is 5.56 Å². The molecule has 2 nitrogen and oxygen atoms in total. The molecule has 1 unspecified atom stereocenters. The third-order valence-electron chi connectivity index (χ3n) is 3.55. The van der Waals surface area contributed by atoms with E-state index in [2.05, 4.69) is 22.0 Å². The summed E-state index contributed by atoms with van der Waals surface area (Å²) < 4.78 is 6.67. The second kappa shape index (κ2) is 4.99. The number of ether oxygens (including phenoxy) is 1. The van der Waals surface area contributed by atoms with E-state index >= 15 is 0 Å². The van der Waals surface area contributed by atoms with Crippen molar-refractivity contribution in [2.75, 3.05) is 6.61 Å². The molecule has 98 valence electrons. The third kappa shape index (κ3) is 2.28. The van der Waals surface area contributed by atoms with Gasteiger partial charge in [-0.1, -0.05) is 46.3 Å². The first-order valence-electron chi connectivity index (χ1n) is 6.35. The van der Waals surface area contributed by atoms with Gasteiger partial charge in [0, 0.05) is 16.5 Å². The molecule has 1 aliphatic heterocycles. The van der Waals surface area contributed by atoms with Gasteiger partial charge in [-0.3, -0.25) is 0 Å². The zero-order valence-corrected chi connectivity index (χ0v) is 12.3. The Labute approximate surface area is 121 Å². The van der Waals surface area contributed by atoms with E-state index in [4.69, 9.17) is 4.74 Å². The Bertz CT molecular complexity index is 622. The summed E-state index contributed by atoms with van der Waals surface area (Å²) in [5, 5.41) is 10.6. The molecule has 0 spiro atoms. The smallest absolute Gasteiger partial charge is 0.128 e. The first-order valence-corrected chi connectivity index (χ1v) is 7.15. The highest BCUT2D eigenvalue weighted by molar-refractivity contribution is 9.10. The largest absolute Gasteiger partial charge is 0.493 e. The van der Waals surface area contributed by atoms with Crippen LogP contribution in [0.25, 0.3) is 0 Å². The Balaban J connectivity index is 2.02. The van der Waals surface area contributed by atoms with Gasteiger partial charge in [-0.2, -0.15) is 0 Å². The lowest BCUT2D eigenvalue weighted by Gasteiger charge is -2.15. The standard InChI is InChI=1S/C16H15BrO2/c1-10-5-6-12(9-14(10)17)15(18)13-4-2-3-11-7-8-19-16(11)13/h2-6,9,15,18H,7-8H2,1H3. The van der Waals surface area contributed by atoms with Gasteiger partial charge in [-0.05, 0) is 29.7 Å². The van der Waals surface area contributed by atoms with Crippen LogP contribution in [-0.2, 0) is 6.42 Å². The lowest BCUT2D eigenvalue weighted by Crippen LogP contribution is -2.02. The number of aryl methyl sites for hydroxylation is 1. The normalized spacial score (nSPS) is 14.9. The molecule has 1 aliphatic rings. The topological polar surface area (TPSA) is 29.5 Å². The van der Waals surface area contributed by atoms with Crippen LogP contribution in [0.5, 0.6) is 5.75 Å². The van der Waals surface area contributed by atoms with Gasteiger partial charge in [0.2, 0.25) is 0 Å². The van der Waals surface area contributed by atoms with Gasteiger partial charge in [0.15, 0.2) is 0 Å². The van der Waals surface area contributed by atoms with E-state index in [1.807, 2.05) is 37.3 Å². The van der Waals surface area contributed by atoms with Crippen molar-refractivity contribution in [3.8, 4) is 5.75 Å². The van der Waals surface area contributed by atoms with E-state index in [1.54, 1.807) is 0 Å². The van der Waals surface area contributed by atoms with Crippen molar-refractivity contribution < 1.29 is 9.84 Å². The van der Waals surface area contributed by atoms with Crippen LogP contribution in [0.3, 0.4) is 0 Å². The van der Waals surface area contributed by atoms with Crippen LogP contribution in [0.2, 0.25) is 0 Å². The van der Waals surface area contributed by atoms with Crippen molar-refractivity contribution in [3.63, 3.8) is 0 Å². The maximum atomic E-state index is 10.6. The fourth-order valence-corrected chi connectivity index (χ4v) is 2.81. The number of benzene rings is 2. The molecule has 2 aromatic carbocycles. The number of hydrogen-bond donors (Lipinski definition) is 1. The highest BCUT2D eigenvalue weighted by atomic mass is 79.9. The molecule has 1 atom stereocenters. The zero-order chi connectivity index (χ0) is 13.4. The molecule has 1 N–H and O–H groups in total. The van der Waals surface area contributed by atoms with Crippen molar-refractivity contribution in [3.05, 3.63) is 63.1 Å². The van der Waals surface area contributed by atoms with Crippen LogP contribution in [0, 0.1) is 6.92 Å². The minimum Gasteiger partial charge on any atom is -0.493 e. The number of halogens is 1. The van der Waals surface area contributed by atoms with Crippen LogP contribution in [0.4, 0.5) is 0 Å². The second-order valence-corrected chi connectivity index (χ2v) is 5.70. The SMILES string of the molecule is Cc1ccc(C(O)c2cccc3c2OCC3)cc1Br. The maximum Gasteiger partial charge on any atom is 0.128 e. The molecule has 3 rings (SSSR count). The van der Waals surface area contributed by atoms with Gasteiger partial charge in [0.25, 0.3) is 0 Å². The Morgan fingerprint density at radius 1 is 1.26 bits per heavy atom. The van der Waals surface area contributed by atoms with Gasteiger partial charge in [-0.15, -0.1) is 0 Å². The van der Waals surface area contributed by atoms with Crippen LogP contribution in [0.15, 0.2) is 40.9 Å². The van der Waals surface area contributed by atoms with E-state index in [9.17, 15) is 5.11 Å². The number of aliphatic hydroxyl groups excluding tert-OH is 1. The Morgan fingerprint density at radius 3 is 2.89 bits per heavy atom. The van der Waals surface area contributed by atoms with Crippen molar-refractivity contribution in [1.82, 2.24) is 0 Å². The van der Waals surface area contributed by atoms with Gasteiger partial charge in [0.05, 0.1) is 6.61 Å². The number of rotatable bonds is 2. The molecule has 1 heterocycles. The van der Waals surface area contributed by atoms with Crippen LogP contribution in [0.1, 0.15) is 28.4 Å². The molecule has 0 radical (unpaired) electrons. The average Bonchev–Trinajstić information content (AvgIpc) is 2.89. The Morgan fingerprint density at radius 2 is 2.11 bits per heavy atom. The summed E-state index contributed by atoms with van der Waals surface area (Å²) in [6.07, 6.45) is 0.276. The first kappa shape index (κ1) is 12.7. The Hall–Kier alpha value is -1.32. The summed E-state index contributed by atoms with van der Waals surface area (Å²) in [5.41, 5.74) is 4.07. The van der Waals surface area contributed by atoms with Crippen molar-refractivity contribution >= 4 is 15.9 Å². The fraction of sp³-hybridized carbons (Fsp3) is 0.250. The van der Waals surface area contributed by atoms with Crippen LogP contribution < -0.4 is 4.74 Å². The number of hydrogen-bond acceptors (Lipinski definition) is 2. The minimum atomic E-state index is -0.648. The second-order valence-electron chi connectivity index (χ2n) is 4.85. The fourth-order valence-electron chi connectivity index (χ4n) is 2.41. The average molecular weight is 319 g/mol. The first-order chi connectivity index (χ1) is 9.16.